The summed E-state index contributed by atoms with van der Waals surface area (Å²) in [4.78, 5) is 29.6. The summed E-state index contributed by atoms with van der Waals surface area (Å²) in [7, 11) is 0. The number of carbonyl (C=O) groups is 2. The van der Waals surface area contributed by atoms with Gasteiger partial charge in [0.2, 0.25) is 5.91 Å². The number of nitrogens with zero attached hydrogens (tertiary/aromatic N) is 2. The quantitative estimate of drug-likeness (QED) is 0.579. The Labute approximate surface area is 193 Å². The van der Waals surface area contributed by atoms with Crippen LogP contribution in [0.3, 0.4) is 0 Å². The van der Waals surface area contributed by atoms with Gasteiger partial charge in [-0.2, -0.15) is 0 Å². The molecule has 0 spiro atoms. The number of nitrogens with one attached hydrogen (secondary N) is 1. The summed E-state index contributed by atoms with van der Waals surface area (Å²) in [6.45, 7) is 8.65. The van der Waals surface area contributed by atoms with Gasteiger partial charge in [-0.25, -0.2) is 0 Å². The molecule has 1 aliphatic carbocycles. The highest BCUT2D eigenvalue weighted by molar-refractivity contribution is 7.17. The zero-order chi connectivity index (χ0) is 22.6. The molecule has 0 saturated heterocycles. The van der Waals surface area contributed by atoms with E-state index in [1.807, 2.05) is 55.0 Å². The van der Waals surface area contributed by atoms with E-state index in [0.29, 0.717) is 18.2 Å². The van der Waals surface area contributed by atoms with Gasteiger partial charge in [-0.3, -0.25) is 14.5 Å². The van der Waals surface area contributed by atoms with Crippen molar-refractivity contribution < 1.29 is 9.59 Å². The number of hydrogen-bond donors (Lipinski definition) is 1. The van der Waals surface area contributed by atoms with E-state index >= 15 is 0 Å². The summed E-state index contributed by atoms with van der Waals surface area (Å²) in [5, 5.41) is 5.39. The van der Waals surface area contributed by atoms with Crippen LogP contribution in [0.1, 0.15) is 61.1 Å². The van der Waals surface area contributed by atoms with Crippen LogP contribution in [0, 0.1) is 19.8 Å². The maximum Gasteiger partial charge on any atom is 0.275 e. The average Bonchev–Trinajstić information content (AvgIpc) is 3.31. The Kier molecular flexibility index (Phi) is 5.16. The molecule has 0 bridgehead atoms. The number of anilines is 1. The second-order valence-electron chi connectivity index (χ2n) is 9.89. The molecule has 0 unspecified atom stereocenters. The number of carbonyl (C=O) groups excluding carboxylic acids is 2. The fourth-order valence-corrected chi connectivity index (χ4v) is 6.37. The first kappa shape index (κ1) is 21.3. The summed E-state index contributed by atoms with van der Waals surface area (Å²) in [5.74, 6) is 0.279. The van der Waals surface area contributed by atoms with Crippen molar-refractivity contribution in [2.45, 2.75) is 71.5 Å². The van der Waals surface area contributed by atoms with Gasteiger partial charge in [0.1, 0.15) is 11.2 Å². The fraction of sp³-hybridized carbons (Fsp3) is 0.462. The summed E-state index contributed by atoms with van der Waals surface area (Å²) >= 11 is 1.63. The van der Waals surface area contributed by atoms with E-state index in [4.69, 9.17) is 0 Å². The second kappa shape index (κ2) is 7.77. The van der Waals surface area contributed by atoms with Gasteiger partial charge in [-0.15, -0.1) is 11.3 Å². The molecule has 3 heterocycles. The van der Waals surface area contributed by atoms with Gasteiger partial charge < -0.3 is 9.88 Å². The molecular weight excluding hydrogens is 418 g/mol. The minimum absolute atomic E-state index is 0.0634. The monoisotopic (exact) mass is 449 g/mol. The van der Waals surface area contributed by atoms with Gasteiger partial charge in [0, 0.05) is 11.7 Å². The zero-order valence-corrected chi connectivity index (χ0v) is 20.1. The summed E-state index contributed by atoms with van der Waals surface area (Å²) in [6.07, 6.45) is 4.51. The number of rotatable bonds is 3. The van der Waals surface area contributed by atoms with Crippen LogP contribution in [0.15, 0.2) is 35.7 Å². The molecular formula is C26H31N3O2S. The van der Waals surface area contributed by atoms with Crippen molar-refractivity contribution in [3.05, 3.63) is 52.5 Å². The number of aromatic nitrogens is 1. The molecule has 1 aromatic carbocycles. The molecule has 3 aromatic rings. The normalized spacial score (nSPS) is 25.8. The number of thiophene rings is 1. The molecule has 6 heteroatoms. The number of aryl methyl sites for hydroxylation is 2. The van der Waals surface area contributed by atoms with Crippen LogP contribution >= 0.6 is 11.3 Å². The molecule has 168 valence electrons. The van der Waals surface area contributed by atoms with Crippen molar-refractivity contribution in [3.63, 3.8) is 0 Å². The molecule has 2 amide bonds. The third kappa shape index (κ3) is 3.36. The Morgan fingerprint density at radius 1 is 1.12 bits per heavy atom. The number of benzene rings is 1. The van der Waals surface area contributed by atoms with Crippen molar-refractivity contribution in [1.29, 1.82) is 0 Å². The topological polar surface area (TPSA) is 54.3 Å². The van der Waals surface area contributed by atoms with Crippen molar-refractivity contribution in [2.75, 3.05) is 4.90 Å². The smallest absolute Gasteiger partial charge is 0.275 e. The highest BCUT2D eigenvalue weighted by atomic mass is 32.1. The fourth-order valence-electron chi connectivity index (χ4n) is 5.55. The van der Waals surface area contributed by atoms with Gasteiger partial charge in [0.05, 0.1) is 16.8 Å². The lowest BCUT2D eigenvalue weighted by atomic mass is 9.84. The van der Waals surface area contributed by atoms with Crippen molar-refractivity contribution in [3.8, 4) is 0 Å². The largest absolute Gasteiger partial charge is 0.351 e. The first-order valence-corrected chi connectivity index (χ1v) is 12.5. The molecule has 1 N–H and O–H groups in total. The lowest BCUT2D eigenvalue weighted by Gasteiger charge is -2.45. The van der Waals surface area contributed by atoms with Gasteiger partial charge in [-0.05, 0) is 80.3 Å². The average molecular weight is 450 g/mol. The second-order valence-corrected chi connectivity index (χ2v) is 10.8. The molecule has 2 aromatic heterocycles. The standard InChI is InChI=1S/C26H31N3O2S/c1-16-11-17(2)13-19(12-16)29-24(30)22-14-23-21(9-10-32-23)28(22)15-26(29,4)25(31)27-20-8-6-5-7-18(20)3/h9-14,18,20H,5-8,15H2,1-4H3,(H,27,31)/t18-,20-,26-/m1/s1. The van der Waals surface area contributed by atoms with Crippen molar-refractivity contribution >= 4 is 39.1 Å². The van der Waals surface area contributed by atoms with E-state index in [0.717, 1.165) is 46.3 Å². The summed E-state index contributed by atoms with van der Waals surface area (Å²) < 4.78 is 3.12. The molecule has 1 fully saturated rings. The highest BCUT2D eigenvalue weighted by Crippen LogP contribution is 2.38. The minimum atomic E-state index is -1.02. The first-order valence-electron chi connectivity index (χ1n) is 11.6. The Hall–Kier alpha value is -2.60. The van der Waals surface area contributed by atoms with Gasteiger partial charge in [0.25, 0.3) is 5.91 Å². The van der Waals surface area contributed by atoms with Crippen LogP contribution in [0.25, 0.3) is 10.2 Å². The third-order valence-electron chi connectivity index (χ3n) is 7.29. The van der Waals surface area contributed by atoms with Gasteiger partial charge in [-0.1, -0.05) is 25.8 Å². The molecule has 3 atom stereocenters. The number of hydrogen-bond acceptors (Lipinski definition) is 3. The first-order chi connectivity index (χ1) is 15.3. The van der Waals surface area contributed by atoms with Crippen LogP contribution in [0.2, 0.25) is 0 Å². The van der Waals surface area contributed by atoms with Gasteiger partial charge >= 0.3 is 0 Å². The molecule has 0 radical (unpaired) electrons. The van der Waals surface area contributed by atoms with E-state index in [-0.39, 0.29) is 17.9 Å². The Morgan fingerprint density at radius 3 is 2.56 bits per heavy atom. The van der Waals surface area contributed by atoms with Crippen molar-refractivity contribution in [2.24, 2.45) is 5.92 Å². The number of fused-ring (bicyclic) bond motifs is 3. The van der Waals surface area contributed by atoms with E-state index in [1.54, 1.807) is 16.2 Å². The molecule has 5 rings (SSSR count). The number of amides is 2. The van der Waals surface area contributed by atoms with Crippen LogP contribution in [0.4, 0.5) is 5.69 Å². The van der Waals surface area contributed by atoms with Gasteiger partial charge in [0.15, 0.2) is 0 Å². The Balaban J connectivity index is 1.61. The molecule has 2 aliphatic rings. The Bertz CT molecular complexity index is 1190. The van der Waals surface area contributed by atoms with E-state index in [9.17, 15) is 9.59 Å². The summed E-state index contributed by atoms with van der Waals surface area (Å²) in [6, 6.07) is 10.3. The van der Waals surface area contributed by atoms with Crippen LogP contribution in [0.5, 0.6) is 0 Å². The van der Waals surface area contributed by atoms with Crippen LogP contribution in [-0.4, -0.2) is 28.0 Å². The maximum atomic E-state index is 13.9. The van der Waals surface area contributed by atoms with Crippen LogP contribution < -0.4 is 10.2 Å². The Morgan fingerprint density at radius 2 is 1.84 bits per heavy atom. The van der Waals surface area contributed by atoms with E-state index < -0.39 is 5.54 Å². The predicted molar refractivity (Wildman–Crippen MR) is 131 cm³/mol. The summed E-state index contributed by atoms with van der Waals surface area (Å²) in [5.41, 5.74) is 3.62. The maximum absolute atomic E-state index is 13.9. The van der Waals surface area contributed by atoms with Crippen LogP contribution in [-0.2, 0) is 11.3 Å². The lowest BCUT2D eigenvalue weighted by molar-refractivity contribution is -0.127. The third-order valence-corrected chi connectivity index (χ3v) is 8.14. The SMILES string of the molecule is Cc1cc(C)cc(N2C(=O)c3cc4sccc4n3C[C@]2(C)C(=O)N[C@@H]2CCCC[C@H]2C)c1. The van der Waals surface area contributed by atoms with E-state index in [2.05, 4.69) is 18.3 Å². The predicted octanol–water partition coefficient (Wildman–Crippen LogP) is 5.43. The zero-order valence-electron chi connectivity index (χ0n) is 19.3. The lowest BCUT2D eigenvalue weighted by Crippen LogP contribution is -2.65. The molecule has 32 heavy (non-hydrogen) atoms. The van der Waals surface area contributed by atoms with E-state index in [1.165, 1.54) is 6.42 Å². The molecule has 1 saturated carbocycles. The molecule has 1 aliphatic heterocycles. The van der Waals surface area contributed by atoms with Crippen molar-refractivity contribution in [1.82, 2.24) is 9.88 Å². The highest BCUT2D eigenvalue weighted by Gasteiger charge is 2.49. The molecule has 5 nitrogen and oxygen atoms in total. The minimum Gasteiger partial charge on any atom is -0.351 e.